The normalized spacial score (nSPS) is 15.0. The van der Waals surface area contributed by atoms with Crippen molar-refractivity contribution in [2.45, 2.75) is 26.5 Å². The van der Waals surface area contributed by atoms with Crippen LogP contribution in [0.2, 0.25) is 15.1 Å². The van der Waals surface area contributed by atoms with Crippen LogP contribution in [0.3, 0.4) is 0 Å². The van der Waals surface area contributed by atoms with Gasteiger partial charge in [-0.2, -0.15) is 0 Å². The van der Waals surface area contributed by atoms with E-state index in [0.29, 0.717) is 47.0 Å². The van der Waals surface area contributed by atoms with Gasteiger partial charge in [0.15, 0.2) is 4.80 Å². The van der Waals surface area contributed by atoms with Crippen LogP contribution in [0.15, 0.2) is 81.7 Å². The molecule has 0 radical (unpaired) electrons. The van der Waals surface area contributed by atoms with Crippen LogP contribution in [0.4, 0.5) is 0 Å². The lowest BCUT2D eigenvalue weighted by Crippen LogP contribution is -2.40. The van der Waals surface area contributed by atoms with Crippen LogP contribution in [0.1, 0.15) is 36.6 Å². The lowest BCUT2D eigenvalue weighted by molar-refractivity contribution is -0.139. The van der Waals surface area contributed by atoms with Gasteiger partial charge in [-0.05, 0) is 84.0 Å². The Morgan fingerprint density at radius 3 is 2.61 bits per heavy atom. The number of allylic oxidation sites excluding steroid dienone is 1. The number of rotatable bonds is 7. The minimum Gasteiger partial charge on any atom is -0.487 e. The van der Waals surface area contributed by atoms with Gasteiger partial charge in [-0.15, -0.1) is 0 Å². The fraction of sp³-hybridized carbons (Fsp3) is 0.167. The van der Waals surface area contributed by atoms with Gasteiger partial charge in [0.05, 0.1) is 26.0 Å². The second-order valence-electron chi connectivity index (χ2n) is 9.05. The minimum absolute atomic E-state index is 0.181. The lowest BCUT2D eigenvalue weighted by Gasteiger charge is -2.25. The zero-order chi connectivity index (χ0) is 29.3. The maximum absolute atomic E-state index is 14.0. The van der Waals surface area contributed by atoms with Gasteiger partial charge in [0.1, 0.15) is 18.4 Å². The average Bonchev–Trinajstić information content (AvgIpc) is 3.22. The van der Waals surface area contributed by atoms with Crippen LogP contribution in [0.25, 0.3) is 6.08 Å². The van der Waals surface area contributed by atoms with Gasteiger partial charge >= 0.3 is 5.97 Å². The highest BCUT2D eigenvalue weighted by Crippen LogP contribution is 2.35. The Balaban J connectivity index is 1.66. The molecule has 5 rings (SSSR count). The molecule has 3 aromatic carbocycles. The molecular weight excluding hydrogens is 718 g/mol. The third-order valence-corrected chi connectivity index (χ3v) is 8.89. The van der Waals surface area contributed by atoms with E-state index in [1.54, 1.807) is 56.3 Å². The number of carbonyl (C=O) groups excluding carboxylic acids is 1. The highest BCUT2D eigenvalue weighted by molar-refractivity contribution is 14.1. The lowest BCUT2D eigenvalue weighted by atomic mass is 9.96. The number of nitrogens with zero attached hydrogens (tertiary/aromatic N) is 2. The highest BCUT2D eigenvalue weighted by atomic mass is 127. The predicted molar refractivity (Wildman–Crippen MR) is 172 cm³/mol. The van der Waals surface area contributed by atoms with Gasteiger partial charge in [0.25, 0.3) is 5.56 Å². The molecule has 41 heavy (non-hydrogen) atoms. The number of benzene rings is 3. The number of hydrogen-bond donors (Lipinski definition) is 0. The molecule has 0 spiro atoms. The summed E-state index contributed by atoms with van der Waals surface area (Å²) in [7, 11) is 0. The van der Waals surface area contributed by atoms with Crippen molar-refractivity contribution in [1.82, 2.24) is 4.57 Å². The fourth-order valence-corrected chi connectivity index (χ4v) is 7.25. The van der Waals surface area contributed by atoms with Gasteiger partial charge in [-0.25, -0.2) is 9.79 Å². The van der Waals surface area contributed by atoms with E-state index in [9.17, 15) is 9.59 Å². The Morgan fingerprint density at radius 2 is 1.88 bits per heavy atom. The molecule has 1 atom stereocenters. The smallest absolute Gasteiger partial charge is 0.338 e. The zero-order valence-corrected chi connectivity index (χ0v) is 27.0. The standard InChI is InChI=1S/C30H22Cl3IN2O4S/c1-3-39-29(38)25-16(2)35-30-36(26(25)21-9-4-5-10-22(21)33)28(37)24(41-30)13-18-12-20(32)14-23(34)27(18)40-15-17-7-6-8-19(31)11-17/h4-14,26H,3,15H2,1-2H3/b24-13-/t26-/m1/s1. The molecular formula is C30H22Cl3IN2O4S. The maximum Gasteiger partial charge on any atom is 0.338 e. The molecule has 1 aliphatic heterocycles. The number of carbonyl (C=O) groups is 1. The summed E-state index contributed by atoms with van der Waals surface area (Å²) in [5, 5.41) is 1.53. The first-order valence-corrected chi connectivity index (χ1v) is 15.5. The van der Waals surface area contributed by atoms with Crippen LogP contribution >= 0.6 is 68.7 Å². The van der Waals surface area contributed by atoms with E-state index in [2.05, 4.69) is 27.6 Å². The van der Waals surface area contributed by atoms with Crippen molar-refractivity contribution < 1.29 is 14.3 Å². The summed E-state index contributed by atoms with van der Waals surface area (Å²) in [5.41, 5.74) is 2.52. The number of thiazole rings is 1. The molecule has 11 heteroatoms. The number of halogens is 4. The third kappa shape index (κ3) is 6.27. The third-order valence-electron chi connectivity index (χ3n) is 6.31. The molecule has 0 aliphatic carbocycles. The van der Waals surface area contributed by atoms with Crippen molar-refractivity contribution in [1.29, 1.82) is 0 Å². The predicted octanol–water partition coefficient (Wildman–Crippen LogP) is 6.94. The van der Waals surface area contributed by atoms with E-state index in [1.165, 1.54) is 15.9 Å². The van der Waals surface area contributed by atoms with Crippen LogP contribution in [-0.2, 0) is 16.1 Å². The van der Waals surface area contributed by atoms with Gasteiger partial charge in [-0.1, -0.05) is 76.5 Å². The summed E-state index contributed by atoms with van der Waals surface area (Å²) < 4.78 is 14.2. The van der Waals surface area contributed by atoms with Crippen molar-refractivity contribution in [3.05, 3.63) is 127 Å². The van der Waals surface area contributed by atoms with Crippen LogP contribution in [-0.4, -0.2) is 17.1 Å². The molecule has 0 fully saturated rings. The molecule has 4 aromatic rings. The van der Waals surface area contributed by atoms with Gasteiger partial charge in [0, 0.05) is 20.6 Å². The quantitative estimate of drug-likeness (QED) is 0.152. The summed E-state index contributed by atoms with van der Waals surface area (Å²) in [4.78, 5) is 32.2. The molecule has 210 valence electrons. The maximum atomic E-state index is 14.0. The van der Waals surface area contributed by atoms with Crippen molar-refractivity contribution >= 4 is 80.8 Å². The van der Waals surface area contributed by atoms with Crippen molar-refractivity contribution in [3.8, 4) is 5.75 Å². The molecule has 0 saturated carbocycles. The SMILES string of the molecule is CCOC(=O)C1=C(C)N=c2s/c(=C\c3cc(Cl)cc(I)c3OCc3cccc(Cl)c3)c(=O)n2[C@@H]1c1ccccc1Cl. The number of fused-ring (bicyclic) bond motifs is 1. The second kappa shape index (κ2) is 12.7. The van der Waals surface area contributed by atoms with E-state index in [1.807, 2.05) is 24.3 Å². The Kier molecular flexibility index (Phi) is 9.25. The van der Waals surface area contributed by atoms with Crippen molar-refractivity contribution in [3.63, 3.8) is 0 Å². The molecule has 0 amide bonds. The molecule has 1 aromatic heterocycles. The molecule has 0 unspecified atom stereocenters. The Bertz CT molecular complexity index is 1880. The molecule has 0 N–H and O–H groups in total. The average molecular weight is 740 g/mol. The first kappa shape index (κ1) is 29.8. The molecule has 2 heterocycles. The van der Waals surface area contributed by atoms with Gasteiger partial charge < -0.3 is 9.47 Å². The fourth-order valence-electron chi connectivity index (χ4n) is 4.55. The highest BCUT2D eigenvalue weighted by Gasteiger charge is 2.34. The first-order valence-electron chi connectivity index (χ1n) is 12.5. The molecule has 1 aliphatic rings. The Hall–Kier alpha value is -2.63. The molecule has 0 saturated heterocycles. The van der Waals surface area contributed by atoms with Crippen molar-refractivity contribution in [2.24, 2.45) is 4.99 Å². The number of aromatic nitrogens is 1. The Labute approximate surface area is 268 Å². The van der Waals surface area contributed by atoms with E-state index in [0.717, 1.165) is 9.13 Å². The minimum atomic E-state index is -0.806. The number of hydrogen-bond acceptors (Lipinski definition) is 6. The van der Waals surface area contributed by atoms with E-state index in [-0.39, 0.29) is 24.3 Å². The number of ether oxygens (including phenoxy) is 2. The van der Waals surface area contributed by atoms with Crippen LogP contribution in [0, 0.1) is 3.57 Å². The topological polar surface area (TPSA) is 69.9 Å². The summed E-state index contributed by atoms with van der Waals surface area (Å²) in [6.45, 7) is 3.91. The largest absolute Gasteiger partial charge is 0.487 e. The first-order chi connectivity index (χ1) is 19.7. The summed E-state index contributed by atoms with van der Waals surface area (Å²) >= 11 is 22.5. The molecule has 0 bridgehead atoms. The van der Waals surface area contributed by atoms with Crippen LogP contribution < -0.4 is 19.6 Å². The monoisotopic (exact) mass is 738 g/mol. The van der Waals surface area contributed by atoms with Gasteiger partial charge in [-0.3, -0.25) is 9.36 Å². The van der Waals surface area contributed by atoms with Crippen LogP contribution in [0.5, 0.6) is 5.75 Å². The van der Waals surface area contributed by atoms with E-state index >= 15 is 0 Å². The van der Waals surface area contributed by atoms with E-state index < -0.39 is 12.0 Å². The summed E-state index contributed by atoms with van der Waals surface area (Å²) in [5.74, 6) is 0.0286. The van der Waals surface area contributed by atoms with Gasteiger partial charge in [0.2, 0.25) is 0 Å². The zero-order valence-electron chi connectivity index (χ0n) is 21.8. The number of esters is 1. The summed E-state index contributed by atoms with van der Waals surface area (Å²) in [6, 6.07) is 17.3. The van der Waals surface area contributed by atoms with Crippen molar-refractivity contribution in [2.75, 3.05) is 6.61 Å². The van der Waals surface area contributed by atoms with E-state index in [4.69, 9.17) is 44.3 Å². The Morgan fingerprint density at radius 1 is 1.10 bits per heavy atom. The summed E-state index contributed by atoms with van der Waals surface area (Å²) in [6.07, 6.45) is 1.73. The molecule has 6 nitrogen and oxygen atoms in total. The second-order valence-corrected chi connectivity index (χ2v) is 12.5.